The average Bonchev–Trinajstić information content (AvgIpc) is 2.72. The molecule has 2 aromatic rings. The second-order valence-corrected chi connectivity index (χ2v) is 5.92. The molecule has 0 unspecified atom stereocenters. The van der Waals surface area contributed by atoms with E-state index in [0.29, 0.717) is 17.3 Å². The van der Waals surface area contributed by atoms with Crippen LogP contribution in [0.5, 0.6) is 0 Å². The van der Waals surface area contributed by atoms with Crippen molar-refractivity contribution in [3.05, 3.63) is 47.0 Å². The number of benzene rings is 1. The molecule has 19 heavy (non-hydrogen) atoms. The van der Waals surface area contributed by atoms with Crippen LogP contribution in [0.3, 0.4) is 0 Å². The van der Waals surface area contributed by atoms with Crippen LogP contribution in [0.4, 0.5) is 4.39 Å². The van der Waals surface area contributed by atoms with Crippen molar-refractivity contribution in [2.45, 2.75) is 32.9 Å². The van der Waals surface area contributed by atoms with Crippen molar-refractivity contribution >= 4 is 11.6 Å². The van der Waals surface area contributed by atoms with E-state index in [1.807, 2.05) is 6.07 Å². The molecule has 0 atom stereocenters. The Labute approximate surface area is 117 Å². The molecule has 0 saturated carbocycles. The molecule has 0 aliphatic carbocycles. The maximum atomic E-state index is 13.3. The molecule has 0 amide bonds. The molecular formula is C14H17ClFN3. The van der Waals surface area contributed by atoms with E-state index in [0.717, 1.165) is 5.69 Å². The predicted molar refractivity (Wildman–Crippen MR) is 75.1 cm³/mol. The lowest BCUT2D eigenvalue weighted by molar-refractivity contribution is 0.420. The topological polar surface area (TPSA) is 29.9 Å². The summed E-state index contributed by atoms with van der Waals surface area (Å²) in [5.74, 6) is -0.368. The van der Waals surface area contributed by atoms with E-state index in [2.05, 4.69) is 31.2 Å². The van der Waals surface area contributed by atoms with Crippen molar-refractivity contribution in [2.75, 3.05) is 0 Å². The van der Waals surface area contributed by atoms with Crippen LogP contribution >= 0.6 is 11.6 Å². The van der Waals surface area contributed by atoms with Crippen molar-refractivity contribution < 1.29 is 4.39 Å². The Kier molecular flexibility index (Phi) is 3.92. The van der Waals surface area contributed by atoms with Gasteiger partial charge >= 0.3 is 0 Å². The summed E-state index contributed by atoms with van der Waals surface area (Å²) in [6.07, 6.45) is 1.80. The molecular weight excluding hydrogens is 265 g/mol. The van der Waals surface area contributed by atoms with E-state index < -0.39 is 0 Å². The predicted octanol–water partition coefficient (Wildman–Crippen LogP) is 3.55. The molecule has 1 aromatic carbocycles. The maximum Gasteiger partial charge on any atom is 0.126 e. The third kappa shape index (κ3) is 4.04. The summed E-state index contributed by atoms with van der Waals surface area (Å²) in [5, 5.41) is 8.11. The van der Waals surface area contributed by atoms with Crippen LogP contribution < -0.4 is 5.32 Å². The van der Waals surface area contributed by atoms with Crippen LogP contribution in [0, 0.1) is 5.82 Å². The highest BCUT2D eigenvalue weighted by atomic mass is 35.5. The summed E-state index contributed by atoms with van der Waals surface area (Å²) in [4.78, 5) is 0. The molecule has 2 rings (SSSR count). The number of aromatic nitrogens is 2. The minimum absolute atomic E-state index is 0.0337. The van der Waals surface area contributed by atoms with Gasteiger partial charge in [0.2, 0.25) is 0 Å². The average molecular weight is 282 g/mol. The summed E-state index contributed by atoms with van der Waals surface area (Å²) >= 11 is 5.83. The quantitative estimate of drug-likeness (QED) is 0.932. The first-order valence-electron chi connectivity index (χ1n) is 6.09. The van der Waals surface area contributed by atoms with E-state index >= 15 is 0 Å². The highest BCUT2D eigenvalue weighted by molar-refractivity contribution is 6.30. The van der Waals surface area contributed by atoms with Gasteiger partial charge in [-0.15, -0.1) is 0 Å². The molecule has 0 radical (unpaired) electrons. The Morgan fingerprint density at radius 2 is 2.05 bits per heavy atom. The number of hydrogen-bond donors (Lipinski definition) is 1. The first-order valence-corrected chi connectivity index (χ1v) is 6.47. The van der Waals surface area contributed by atoms with E-state index in [-0.39, 0.29) is 11.4 Å². The van der Waals surface area contributed by atoms with Gasteiger partial charge in [0.25, 0.3) is 0 Å². The number of hydrogen-bond acceptors (Lipinski definition) is 2. The van der Waals surface area contributed by atoms with Crippen LogP contribution in [0.2, 0.25) is 5.02 Å². The minimum atomic E-state index is -0.368. The third-order valence-electron chi connectivity index (χ3n) is 2.56. The van der Waals surface area contributed by atoms with Gasteiger partial charge in [0.05, 0.1) is 11.4 Å². The van der Waals surface area contributed by atoms with Crippen LogP contribution in [0.25, 0.3) is 5.69 Å². The van der Waals surface area contributed by atoms with Gasteiger partial charge in [0.15, 0.2) is 0 Å². The molecule has 1 aromatic heterocycles. The van der Waals surface area contributed by atoms with Crippen LogP contribution in [0.1, 0.15) is 26.5 Å². The van der Waals surface area contributed by atoms with E-state index in [9.17, 15) is 4.39 Å². The third-order valence-corrected chi connectivity index (χ3v) is 2.77. The van der Waals surface area contributed by atoms with Crippen LogP contribution in [0.15, 0.2) is 30.5 Å². The van der Waals surface area contributed by atoms with Crippen molar-refractivity contribution in [3.63, 3.8) is 0 Å². The van der Waals surface area contributed by atoms with Gasteiger partial charge in [-0.3, -0.25) is 0 Å². The highest BCUT2D eigenvalue weighted by Crippen LogP contribution is 2.17. The van der Waals surface area contributed by atoms with Gasteiger partial charge in [0, 0.05) is 23.3 Å². The Morgan fingerprint density at radius 1 is 1.32 bits per heavy atom. The van der Waals surface area contributed by atoms with Crippen molar-refractivity contribution in [2.24, 2.45) is 0 Å². The van der Waals surface area contributed by atoms with Gasteiger partial charge in [0.1, 0.15) is 5.82 Å². The fraction of sp³-hybridized carbons (Fsp3) is 0.357. The second kappa shape index (κ2) is 5.31. The second-order valence-electron chi connectivity index (χ2n) is 5.48. The summed E-state index contributed by atoms with van der Waals surface area (Å²) in [7, 11) is 0. The first kappa shape index (κ1) is 14.0. The monoisotopic (exact) mass is 281 g/mol. The van der Waals surface area contributed by atoms with Gasteiger partial charge in [-0.2, -0.15) is 5.10 Å². The van der Waals surface area contributed by atoms with Crippen molar-refractivity contribution in [1.29, 1.82) is 0 Å². The van der Waals surface area contributed by atoms with Gasteiger partial charge < -0.3 is 5.32 Å². The van der Waals surface area contributed by atoms with Crippen LogP contribution in [-0.2, 0) is 6.54 Å². The Morgan fingerprint density at radius 3 is 2.68 bits per heavy atom. The Hall–Kier alpha value is -1.39. The molecule has 5 heteroatoms. The highest BCUT2D eigenvalue weighted by Gasteiger charge is 2.10. The van der Waals surface area contributed by atoms with E-state index in [4.69, 9.17) is 11.6 Å². The molecule has 0 fully saturated rings. The van der Waals surface area contributed by atoms with Gasteiger partial charge in [-0.25, -0.2) is 9.07 Å². The number of nitrogens with zero attached hydrogens (tertiary/aromatic N) is 2. The number of rotatable bonds is 3. The van der Waals surface area contributed by atoms with Crippen molar-refractivity contribution in [3.8, 4) is 5.69 Å². The molecule has 0 aliphatic heterocycles. The SMILES string of the molecule is CC(C)(C)NCc1ccn(-c2cc(F)cc(Cl)c2)n1. The van der Waals surface area contributed by atoms with E-state index in [1.165, 1.54) is 12.1 Å². The lowest BCUT2D eigenvalue weighted by atomic mass is 10.1. The molecule has 0 aliphatic rings. The van der Waals surface area contributed by atoms with E-state index in [1.54, 1.807) is 16.9 Å². The molecule has 0 saturated heterocycles. The molecule has 1 N–H and O–H groups in total. The fourth-order valence-corrected chi connectivity index (χ4v) is 1.84. The summed E-state index contributed by atoms with van der Waals surface area (Å²) in [5.41, 5.74) is 1.55. The summed E-state index contributed by atoms with van der Waals surface area (Å²) in [6.45, 7) is 6.95. The largest absolute Gasteiger partial charge is 0.306 e. The maximum absolute atomic E-state index is 13.3. The zero-order valence-corrected chi connectivity index (χ0v) is 12.0. The zero-order valence-electron chi connectivity index (χ0n) is 11.2. The Balaban J connectivity index is 2.16. The zero-order chi connectivity index (χ0) is 14.0. The smallest absolute Gasteiger partial charge is 0.126 e. The molecule has 3 nitrogen and oxygen atoms in total. The molecule has 102 valence electrons. The fourth-order valence-electron chi connectivity index (χ4n) is 1.63. The normalized spacial score (nSPS) is 11.8. The van der Waals surface area contributed by atoms with Gasteiger partial charge in [-0.1, -0.05) is 11.6 Å². The Bertz CT molecular complexity index is 552. The lowest BCUT2D eigenvalue weighted by Gasteiger charge is -2.19. The minimum Gasteiger partial charge on any atom is -0.306 e. The standard InChI is InChI=1S/C14H17ClFN3/c1-14(2,3)17-9-12-4-5-19(18-12)13-7-10(15)6-11(16)8-13/h4-8,17H,9H2,1-3H3. The lowest BCUT2D eigenvalue weighted by Crippen LogP contribution is -2.35. The van der Waals surface area contributed by atoms with Gasteiger partial charge in [-0.05, 0) is 45.0 Å². The number of nitrogens with one attached hydrogen (secondary N) is 1. The summed E-state index contributed by atoms with van der Waals surface area (Å²) in [6, 6.07) is 6.26. The molecule has 0 bridgehead atoms. The summed E-state index contributed by atoms with van der Waals surface area (Å²) < 4.78 is 14.9. The van der Waals surface area contributed by atoms with Crippen LogP contribution in [-0.4, -0.2) is 15.3 Å². The molecule has 0 spiro atoms. The number of halogens is 2. The van der Waals surface area contributed by atoms with Crippen molar-refractivity contribution in [1.82, 2.24) is 15.1 Å². The molecule has 1 heterocycles. The first-order chi connectivity index (χ1) is 8.83.